The summed E-state index contributed by atoms with van der Waals surface area (Å²) in [5.41, 5.74) is 0.714. The van der Waals surface area contributed by atoms with Gasteiger partial charge in [0, 0.05) is 18.3 Å². The third kappa shape index (κ3) is 5.51. The van der Waals surface area contributed by atoms with Crippen LogP contribution in [0, 0.1) is 5.82 Å². The molecule has 1 unspecified atom stereocenters. The highest BCUT2D eigenvalue weighted by molar-refractivity contribution is 5.55. The maximum atomic E-state index is 13.4. The van der Waals surface area contributed by atoms with Gasteiger partial charge in [0.05, 0.1) is 6.61 Å². The summed E-state index contributed by atoms with van der Waals surface area (Å²) in [5, 5.41) is 12.0. The number of hydrogen-bond acceptors (Lipinski definition) is 3. The first kappa shape index (κ1) is 17.7. The van der Waals surface area contributed by atoms with E-state index >= 15 is 0 Å². The molecule has 120 valence electrons. The molecule has 1 aromatic rings. The summed E-state index contributed by atoms with van der Waals surface area (Å²) in [6, 6.07) is 3.37. The van der Waals surface area contributed by atoms with Crippen LogP contribution in [0.5, 0.6) is 0 Å². The lowest BCUT2D eigenvalue weighted by Gasteiger charge is -2.29. The Balaban J connectivity index is 3.17. The van der Waals surface area contributed by atoms with Crippen molar-refractivity contribution in [1.82, 2.24) is 5.32 Å². The Morgan fingerprint density at radius 1 is 1.33 bits per heavy atom. The molecule has 0 bridgehead atoms. The van der Waals surface area contributed by atoms with Gasteiger partial charge in [-0.15, -0.1) is 0 Å². The minimum absolute atomic E-state index is 0.170. The van der Waals surface area contributed by atoms with Gasteiger partial charge in [0.15, 0.2) is 0 Å². The first-order valence-corrected chi connectivity index (χ1v) is 6.74. The Morgan fingerprint density at radius 3 is 2.52 bits per heavy atom. The molecular formula is C14H20F4N2O. The normalized spacial score (nSPS) is 13.3. The molecule has 7 heteroatoms. The zero-order chi connectivity index (χ0) is 16.0. The maximum absolute atomic E-state index is 13.4. The molecular weight excluding hydrogens is 288 g/mol. The molecule has 0 radical (unpaired) electrons. The Morgan fingerprint density at radius 2 is 2.00 bits per heavy atom. The molecule has 1 aromatic carbocycles. The van der Waals surface area contributed by atoms with Crippen LogP contribution in [-0.4, -0.2) is 37.5 Å². The number of halogens is 4. The molecule has 3 nitrogen and oxygen atoms in total. The quantitative estimate of drug-likeness (QED) is 0.760. The molecule has 1 atom stereocenters. The van der Waals surface area contributed by atoms with E-state index < -0.39 is 25.1 Å². The van der Waals surface area contributed by atoms with E-state index in [1.807, 2.05) is 6.92 Å². The number of hydrogen-bond donors (Lipinski definition) is 2. The standard InChI is InChI=1S/C14H20F4N2O/c1-3-19-10(2)12-8-11(15)4-5-13(12)20(6-7-21)9-14(16,17)18/h4-5,8,10,19,21H,3,6-7,9H2,1-2H3. The average molecular weight is 308 g/mol. The van der Waals surface area contributed by atoms with Crippen molar-refractivity contribution in [3.63, 3.8) is 0 Å². The fraction of sp³-hybridized carbons (Fsp3) is 0.571. The smallest absolute Gasteiger partial charge is 0.395 e. The number of anilines is 1. The Kier molecular flexibility index (Phi) is 6.42. The lowest BCUT2D eigenvalue weighted by molar-refractivity contribution is -0.119. The first-order chi connectivity index (χ1) is 9.78. The predicted molar refractivity (Wildman–Crippen MR) is 73.8 cm³/mol. The number of nitrogens with one attached hydrogen (secondary N) is 1. The van der Waals surface area contributed by atoms with Gasteiger partial charge in [0.1, 0.15) is 12.4 Å². The van der Waals surface area contributed by atoms with Gasteiger partial charge in [-0.25, -0.2) is 4.39 Å². The van der Waals surface area contributed by atoms with Crippen LogP contribution in [0.15, 0.2) is 18.2 Å². The highest BCUT2D eigenvalue weighted by Crippen LogP contribution is 2.29. The number of alkyl halides is 3. The Labute approximate surface area is 121 Å². The third-order valence-corrected chi connectivity index (χ3v) is 3.05. The number of aliphatic hydroxyl groups is 1. The van der Waals surface area contributed by atoms with Crippen molar-refractivity contribution in [3.8, 4) is 0 Å². The van der Waals surface area contributed by atoms with Gasteiger partial charge >= 0.3 is 6.18 Å². The molecule has 0 saturated carbocycles. The molecule has 0 aliphatic heterocycles. The molecule has 21 heavy (non-hydrogen) atoms. The van der Waals surface area contributed by atoms with Crippen LogP contribution in [0.25, 0.3) is 0 Å². The number of rotatable bonds is 7. The zero-order valence-corrected chi connectivity index (χ0v) is 12.0. The van der Waals surface area contributed by atoms with Crippen LogP contribution in [-0.2, 0) is 0 Å². The second-order valence-electron chi connectivity index (χ2n) is 4.74. The van der Waals surface area contributed by atoms with Gasteiger partial charge in [0.2, 0.25) is 0 Å². The van der Waals surface area contributed by atoms with E-state index in [2.05, 4.69) is 5.32 Å². The molecule has 0 aliphatic carbocycles. The summed E-state index contributed by atoms with van der Waals surface area (Å²) in [4.78, 5) is 1.02. The van der Waals surface area contributed by atoms with E-state index in [0.717, 1.165) is 11.0 Å². The fourth-order valence-corrected chi connectivity index (χ4v) is 2.20. The molecule has 1 rings (SSSR count). The molecule has 0 amide bonds. The lowest BCUT2D eigenvalue weighted by Crippen LogP contribution is -2.37. The van der Waals surface area contributed by atoms with Crippen molar-refractivity contribution in [2.75, 3.05) is 31.1 Å². The molecule has 2 N–H and O–H groups in total. The highest BCUT2D eigenvalue weighted by Gasteiger charge is 2.32. The summed E-state index contributed by atoms with van der Waals surface area (Å²) in [6.07, 6.45) is -4.40. The molecule has 0 spiro atoms. The van der Waals surface area contributed by atoms with Gasteiger partial charge in [-0.2, -0.15) is 13.2 Å². The minimum Gasteiger partial charge on any atom is -0.395 e. The van der Waals surface area contributed by atoms with Gasteiger partial charge in [-0.05, 0) is 37.2 Å². The van der Waals surface area contributed by atoms with Gasteiger partial charge in [-0.1, -0.05) is 6.92 Å². The third-order valence-electron chi connectivity index (χ3n) is 3.05. The van der Waals surface area contributed by atoms with Crippen LogP contribution in [0.1, 0.15) is 25.5 Å². The molecule has 0 saturated heterocycles. The Hall–Kier alpha value is -1.34. The van der Waals surface area contributed by atoms with E-state index in [1.165, 1.54) is 12.1 Å². The zero-order valence-electron chi connectivity index (χ0n) is 12.0. The van der Waals surface area contributed by atoms with Crippen LogP contribution >= 0.6 is 0 Å². The minimum atomic E-state index is -4.40. The highest BCUT2D eigenvalue weighted by atomic mass is 19.4. The number of aliphatic hydroxyl groups excluding tert-OH is 1. The molecule has 0 aliphatic rings. The summed E-state index contributed by atoms with van der Waals surface area (Å²) in [6.45, 7) is 2.45. The monoisotopic (exact) mass is 308 g/mol. The number of nitrogens with zero attached hydrogens (tertiary/aromatic N) is 1. The summed E-state index contributed by atoms with van der Waals surface area (Å²) in [5.74, 6) is -0.505. The van der Waals surface area contributed by atoms with Crippen molar-refractivity contribution in [2.45, 2.75) is 26.1 Å². The molecule has 0 fully saturated rings. The van der Waals surface area contributed by atoms with Crippen LogP contribution in [0.4, 0.5) is 23.2 Å². The van der Waals surface area contributed by atoms with E-state index in [0.29, 0.717) is 12.1 Å². The number of benzene rings is 1. The average Bonchev–Trinajstić information content (AvgIpc) is 2.37. The van der Waals surface area contributed by atoms with Gasteiger partial charge in [-0.3, -0.25) is 0 Å². The maximum Gasteiger partial charge on any atom is 0.405 e. The SMILES string of the molecule is CCNC(C)c1cc(F)ccc1N(CCO)CC(F)(F)F. The van der Waals surface area contributed by atoms with Crippen LogP contribution in [0.2, 0.25) is 0 Å². The van der Waals surface area contributed by atoms with E-state index in [1.54, 1.807) is 6.92 Å². The van der Waals surface area contributed by atoms with Crippen molar-refractivity contribution in [3.05, 3.63) is 29.6 Å². The second kappa shape index (κ2) is 7.61. The first-order valence-electron chi connectivity index (χ1n) is 6.74. The Bertz CT molecular complexity index is 451. The van der Waals surface area contributed by atoms with Crippen molar-refractivity contribution < 1.29 is 22.7 Å². The van der Waals surface area contributed by atoms with Gasteiger partial charge < -0.3 is 15.3 Å². The largest absolute Gasteiger partial charge is 0.405 e. The van der Waals surface area contributed by atoms with Crippen molar-refractivity contribution >= 4 is 5.69 Å². The lowest BCUT2D eigenvalue weighted by atomic mass is 10.0. The van der Waals surface area contributed by atoms with E-state index in [4.69, 9.17) is 5.11 Å². The molecule has 0 heterocycles. The second-order valence-corrected chi connectivity index (χ2v) is 4.74. The predicted octanol–water partition coefficient (Wildman–Crippen LogP) is 2.86. The van der Waals surface area contributed by atoms with E-state index in [-0.39, 0.29) is 18.3 Å². The summed E-state index contributed by atoms with van der Waals surface area (Å²) in [7, 11) is 0. The summed E-state index contributed by atoms with van der Waals surface area (Å²) < 4.78 is 51.4. The van der Waals surface area contributed by atoms with Crippen LogP contribution < -0.4 is 10.2 Å². The van der Waals surface area contributed by atoms with Crippen molar-refractivity contribution in [2.24, 2.45) is 0 Å². The molecule has 0 aromatic heterocycles. The topological polar surface area (TPSA) is 35.5 Å². The van der Waals surface area contributed by atoms with Crippen LogP contribution in [0.3, 0.4) is 0 Å². The summed E-state index contributed by atoms with van der Waals surface area (Å²) >= 11 is 0. The van der Waals surface area contributed by atoms with E-state index in [9.17, 15) is 17.6 Å². The fourth-order valence-electron chi connectivity index (χ4n) is 2.20. The van der Waals surface area contributed by atoms with Crippen molar-refractivity contribution in [1.29, 1.82) is 0 Å². The van der Waals surface area contributed by atoms with Gasteiger partial charge in [0.25, 0.3) is 0 Å².